The minimum atomic E-state index is 0.797. The molecule has 5 heteroatoms. The number of hydrogen-bond donors (Lipinski definition) is 2. The lowest BCUT2D eigenvalue weighted by Crippen LogP contribution is -2.02. The first-order valence-corrected chi connectivity index (χ1v) is 7.67. The molecule has 4 nitrogen and oxygen atoms in total. The molecule has 1 aromatic carbocycles. The van der Waals surface area contributed by atoms with Crippen LogP contribution >= 0.6 is 15.9 Å². The zero-order valence-corrected chi connectivity index (χ0v) is 14.1. The molecule has 0 amide bonds. The molecule has 0 spiro atoms. The van der Waals surface area contributed by atoms with Gasteiger partial charge in [-0.1, -0.05) is 22.0 Å². The van der Waals surface area contributed by atoms with Gasteiger partial charge in [-0.3, -0.25) is 4.98 Å². The fourth-order valence-electron chi connectivity index (χ4n) is 2.22. The van der Waals surface area contributed by atoms with Gasteiger partial charge in [0.25, 0.3) is 0 Å². The Bertz CT molecular complexity index is 805. The highest BCUT2D eigenvalue weighted by atomic mass is 79.9. The molecule has 0 fully saturated rings. The Morgan fingerprint density at radius 3 is 2.77 bits per heavy atom. The zero-order valence-electron chi connectivity index (χ0n) is 12.5. The Morgan fingerprint density at radius 2 is 2.09 bits per heavy atom. The Kier molecular flexibility index (Phi) is 5.18. The summed E-state index contributed by atoms with van der Waals surface area (Å²) in [4.78, 5) is 12.4. The number of nitrogens with zero attached hydrogens (tertiary/aromatic N) is 2. The highest BCUT2D eigenvalue weighted by Crippen LogP contribution is 2.29. The van der Waals surface area contributed by atoms with E-state index >= 15 is 0 Å². The Balaban J connectivity index is 0.000000847. The van der Waals surface area contributed by atoms with Gasteiger partial charge in [-0.25, -0.2) is 4.98 Å². The molecule has 0 saturated heterocycles. The molecule has 0 bridgehead atoms. The van der Waals surface area contributed by atoms with Crippen molar-refractivity contribution in [1.82, 2.24) is 15.0 Å². The van der Waals surface area contributed by atoms with E-state index in [4.69, 9.17) is 0 Å². The first kappa shape index (κ1) is 16.1. The standard InChI is InChI=1S/C15H15BrN4.C2H2/c1-3-17-14-8-18-9(2)15(20-14)13-7-10-11(16)5-4-6-12(10)19-13;1-2/h4-8,19H,3H2,1-2H3,(H,17,20);1-2H. The Morgan fingerprint density at radius 1 is 1.32 bits per heavy atom. The van der Waals surface area contributed by atoms with Crippen molar-refractivity contribution in [3.8, 4) is 24.2 Å². The number of hydrogen-bond acceptors (Lipinski definition) is 3. The van der Waals surface area contributed by atoms with Crippen LogP contribution in [0.3, 0.4) is 0 Å². The van der Waals surface area contributed by atoms with Gasteiger partial charge in [0.05, 0.1) is 17.6 Å². The van der Waals surface area contributed by atoms with Gasteiger partial charge >= 0.3 is 0 Å². The number of nitrogens with one attached hydrogen (secondary N) is 2. The van der Waals surface area contributed by atoms with Crippen molar-refractivity contribution < 1.29 is 0 Å². The number of benzene rings is 1. The normalized spacial score (nSPS) is 10.0. The summed E-state index contributed by atoms with van der Waals surface area (Å²) in [6.45, 7) is 4.84. The molecule has 0 unspecified atom stereocenters. The van der Waals surface area contributed by atoms with Crippen LogP contribution in [0.15, 0.2) is 34.9 Å². The van der Waals surface area contributed by atoms with E-state index in [1.54, 1.807) is 6.20 Å². The summed E-state index contributed by atoms with van der Waals surface area (Å²) >= 11 is 3.57. The Labute approximate surface area is 138 Å². The lowest BCUT2D eigenvalue weighted by molar-refractivity contribution is 1.08. The molecule has 0 saturated carbocycles. The first-order chi connectivity index (χ1) is 10.7. The van der Waals surface area contributed by atoms with Crippen molar-refractivity contribution in [2.75, 3.05) is 11.9 Å². The van der Waals surface area contributed by atoms with E-state index in [2.05, 4.69) is 61.2 Å². The SMILES string of the molecule is C#C.CCNc1cnc(C)c(-c2cc3c(Br)cccc3[nH]2)n1. The van der Waals surface area contributed by atoms with E-state index in [0.717, 1.165) is 44.8 Å². The van der Waals surface area contributed by atoms with Gasteiger partial charge in [-0.15, -0.1) is 12.8 Å². The molecule has 2 aromatic heterocycles. The smallest absolute Gasteiger partial charge is 0.145 e. The number of halogens is 1. The number of aromatic nitrogens is 3. The Hall–Kier alpha value is -2.32. The maximum atomic E-state index is 4.64. The number of terminal acetylenes is 1. The third kappa shape index (κ3) is 3.12. The molecule has 2 heterocycles. The van der Waals surface area contributed by atoms with E-state index in [1.807, 2.05) is 26.0 Å². The minimum Gasteiger partial charge on any atom is -0.369 e. The van der Waals surface area contributed by atoms with E-state index < -0.39 is 0 Å². The van der Waals surface area contributed by atoms with Crippen LogP contribution in [0.2, 0.25) is 0 Å². The maximum absolute atomic E-state index is 4.64. The number of fused-ring (bicyclic) bond motifs is 1. The molecule has 22 heavy (non-hydrogen) atoms. The van der Waals surface area contributed by atoms with Gasteiger partial charge in [-0.2, -0.15) is 0 Å². The molecule has 0 aliphatic carbocycles. The lowest BCUT2D eigenvalue weighted by atomic mass is 10.2. The van der Waals surface area contributed by atoms with Crippen LogP contribution < -0.4 is 5.32 Å². The van der Waals surface area contributed by atoms with Crippen LogP contribution in [0.1, 0.15) is 12.6 Å². The minimum absolute atomic E-state index is 0.797. The molecule has 0 aliphatic rings. The van der Waals surface area contributed by atoms with Crippen LogP contribution in [0.5, 0.6) is 0 Å². The van der Waals surface area contributed by atoms with Gasteiger partial charge in [-0.05, 0) is 32.0 Å². The third-order valence-electron chi connectivity index (χ3n) is 3.18. The van der Waals surface area contributed by atoms with Crippen LogP contribution in [-0.2, 0) is 0 Å². The second-order valence-corrected chi connectivity index (χ2v) is 5.46. The molecular formula is C17H17BrN4. The number of aromatic amines is 1. The van der Waals surface area contributed by atoms with Crippen LogP contribution in [0.4, 0.5) is 5.82 Å². The highest BCUT2D eigenvalue weighted by Gasteiger charge is 2.11. The zero-order chi connectivity index (χ0) is 16.1. The lowest BCUT2D eigenvalue weighted by Gasteiger charge is -2.06. The molecule has 3 aromatic rings. The van der Waals surface area contributed by atoms with Crippen molar-refractivity contribution in [2.45, 2.75) is 13.8 Å². The van der Waals surface area contributed by atoms with E-state index in [1.165, 1.54) is 0 Å². The molecular weight excluding hydrogens is 340 g/mol. The quantitative estimate of drug-likeness (QED) is 0.684. The topological polar surface area (TPSA) is 53.6 Å². The second-order valence-electron chi connectivity index (χ2n) is 4.60. The van der Waals surface area contributed by atoms with Crippen molar-refractivity contribution in [1.29, 1.82) is 0 Å². The second kappa shape index (κ2) is 7.10. The molecule has 112 valence electrons. The van der Waals surface area contributed by atoms with Gasteiger partial charge in [0.2, 0.25) is 0 Å². The summed E-state index contributed by atoms with van der Waals surface area (Å²) in [5.74, 6) is 0.797. The van der Waals surface area contributed by atoms with E-state index in [0.29, 0.717) is 0 Å². The van der Waals surface area contributed by atoms with E-state index in [-0.39, 0.29) is 0 Å². The van der Waals surface area contributed by atoms with Crippen molar-refractivity contribution in [3.05, 3.63) is 40.6 Å². The van der Waals surface area contributed by atoms with Crippen LogP contribution in [0.25, 0.3) is 22.3 Å². The van der Waals surface area contributed by atoms with Crippen LogP contribution in [0, 0.1) is 19.8 Å². The molecule has 0 atom stereocenters. The van der Waals surface area contributed by atoms with Gasteiger partial charge in [0.1, 0.15) is 11.5 Å². The molecule has 2 N–H and O–H groups in total. The number of aryl methyl sites for hydroxylation is 1. The average molecular weight is 357 g/mol. The predicted octanol–water partition coefficient (Wildman–Crippen LogP) is 4.38. The largest absolute Gasteiger partial charge is 0.369 e. The predicted molar refractivity (Wildman–Crippen MR) is 95.8 cm³/mol. The highest BCUT2D eigenvalue weighted by molar-refractivity contribution is 9.10. The monoisotopic (exact) mass is 356 g/mol. The van der Waals surface area contributed by atoms with Crippen molar-refractivity contribution in [3.63, 3.8) is 0 Å². The summed E-state index contributed by atoms with van der Waals surface area (Å²) in [5, 5.41) is 4.34. The van der Waals surface area contributed by atoms with Crippen LogP contribution in [-0.4, -0.2) is 21.5 Å². The fraction of sp³-hybridized carbons (Fsp3) is 0.176. The fourth-order valence-corrected chi connectivity index (χ4v) is 2.70. The molecule has 3 rings (SSSR count). The maximum Gasteiger partial charge on any atom is 0.145 e. The first-order valence-electron chi connectivity index (χ1n) is 6.87. The number of rotatable bonds is 3. The van der Waals surface area contributed by atoms with Crippen molar-refractivity contribution >= 4 is 32.7 Å². The summed E-state index contributed by atoms with van der Waals surface area (Å²) in [6, 6.07) is 8.21. The van der Waals surface area contributed by atoms with Crippen molar-refractivity contribution in [2.24, 2.45) is 0 Å². The molecule has 0 aliphatic heterocycles. The van der Waals surface area contributed by atoms with Gasteiger partial charge in [0.15, 0.2) is 0 Å². The number of anilines is 1. The third-order valence-corrected chi connectivity index (χ3v) is 3.87. The molecule has 0 radical (unpaired) electrons. The number of H-pyrrole nitrogens is 1. The summed E-state index contributed by atoms with van der Waals surface area (Å²) in [6.07, 6.45) is 9.76. The van der Waals surface area contributed by atoms with E-state index in [9.17, 15) is 0 Å². The average Bonchev–Trinajstić information content (AvgIpc) is 2.97. The van der Waals surface area contributed by atoms with Gasteiger partial charge in [0, 0.05) is 21.9 Å². The summed E-state index contributed by atoms with van der Waals surface area (Å²) < 4.78 is 1.07. The van der Waals surface area contributed by atoms with Gasteiger partial charge < -0.3 is 10.3 Å². The summed E-state index contributed by atoms with van der Waals surface area (Å²) in [7, 11) is 0. The summed E-state index contributed by atoms with van der Waals surface area (Å²) in [5.41, 5.74) is 3.86.